The van der Waals surface area contributed by atoms with Crippen molar-refractivity contribution in [1.82, 2.24) is 0 Å². The second kappa shape index (κ2) is 30.5. The van der Waals surface area contributed by atoms with Gasteiger partial charge in [-0.15, -0.1) is 11.4 Å². The van der Waals surface area contributed by atoms with Crippen LogP contribution in [0, 0.1) is 0 Å². The van der Waals surface area contributed by atoms with Gasteiger partial charge in [-0.25, -0.2) is 0 Å². The number of hydrogen-bond donors (Lipinski definition) is 0. The Labute approximate surface area is 434 Å². The smallest absolute Gasteiger partial charge is 1.00 e. The maximum Gasteiger partial charge on any atom is 2.00 e. The van der Waals surface area contributed by atoms with Crippen molar-refractivity contribution in [2.45, 2.75) is 186 Å². The number of benzene rings is 4. The van der Waals surface area contributed by atoms with Crippen molar-refractivity contribution < 1.29 is 33.0 Å². The first-order valence-electron chi connectivity index (χ1n) is 23.6. The van der Waals surface area contributed by atoms with Crippen LogP contribution in [0.15, 0.2) is 106 Å². The molecule has 0 saturated heterocycles. The third-order valence-corrected chi connectivity index (χ3v) is 11.4. The van der Waals surface area contributed by atoms with Crippen LogP contribution in [-0.2, 0) is 56.3 Å². The van der Waals surface area contributed by atoms with E-state index in [1.165, 1.54) is 44.5 Å². The van der Waals surface area contributed by atoms with Crippen LogP contribution in [0.4, 0.5) is 22.7 Å². The first-order chi connectivity index (χ1) is 30.0. The van der Waals surface area contributed by atoms with Gasteiger partial charge in [0.1, 0.15) is 0 Å². The molecule has 4 nitrogen and oxygen atoms in total. The normalized spacial score (nSPS) is 12.4. The van der Waals surface area contributed by atoms with Crippen LogP contribution in [0.1, 0.15) is 230 Å². The van der Waals surface area contributed by atoms with E-state index >= 15 is 0 Å². The molecule has 0 fully saturated rings. The molecule has 366 valence electrons. The molecule has 0 aromatic heterocycles. The predicted molar refractivity (Wildman–Crippen MR) is 292 cm³/mol. The minimum absolute atomic E-state index is 0. The van der Waals surface area contributed by atoms with E-state index in [-0.39, 0.29) is 33.0 Å². The van der Waals surface area contributed by atoms with E-state index < -0.39 is 0 Å². The van der Waals surface area contributed by atoms with Gasteiger partial charge in [0, 0.05) is 11.4 Å². The summed E-state index contributed by atoms with van der Waals surface area (Å²) in [4.78, 5) is 10.2. The summed E-state index contributed by atoms with van der Waals surface area (Å²) in [5.41, 5.74) is 18.9. The average molecular weight is 1020 g/mol. The molecule has 0 heterocycles. The van der Waals surface area contributed by atoms with Gasteiger partial charge in [-0.1, -0.05) is 232 Å². The molecule has 0 N–H and O–H groups in total. The summed E-state index contributed by atoms with van der Waals surface area (Å²) in [6.07, 6.45) is 4.23. The second-order valence-electron chi connectivity index (χ2n) is 19.7. The summed E-state index contributed by atoms with van der Waals surface area (Å²) in [5.74, 6) is 3.49. The summed E-state index contributed by atoms with van der Waals surface area (Å²) in [6.45, 7) is 44.1. The fourth-order valence-electron chi connectivity index (χ4n) is 8.00. The van der Waals surface area contributed by atoms with Gasteiger partial charge in [0.25, 0.3) is 0 Å². The van der Waals surface area contributed by atoms with Gasteiger partial charge in [-0.3, -0.25) is 9.98 Å². The first kappa shape index (κ1) is 63.0. The van der Waals surface area contributed by atoms with E-state index in [1.807, 2.05) is 0 Å². The molecule has 0 aliphatic rings. The van der Waals surface area contributed by atoms with Crippen molar-refractivity contribution in [3.05, 3.63) is 151 Å². The Morgan fingerprint density at radius 1 is 0.364 bits per heavy atom. The Morgan fingerprint density at radius 3 is 0.727 bits per heavy atom. The number of para-hydroxylation sites is 4. The van der Waals surface area contributed by atoms with E-state index in [9.17, 15) is 0 Å². The number of aliphatic imine (C=N–C) groups is 2. The minimum Gasteiger partial charge on any atom is -1.00 e. The van der Waals surface area contributed by atoms with Crippen LogP contribution in [-0.4, -0.2) is 11.4 Å². The number of allylic oxidation sites excluding steroid dienone is 4. The van der Waals surface area contributed by atoms with Crippen molar-refractivity contribution in [3.63, 3.8) is 0 Å². The molecule has 0 bridgehead atoms. The Balaban J connectivity index is 0.00000120. The molecule has 66 heavy (non-hydrogen) atoms. The monoisotopic (exact) mass is 1010 g/mol. The van der Waals surface area contributed by atoms with Crippen LogP contribution < -0.4 is 0 Å². The van der Waals surface area contributed by atoms with E-state index in [4.69, 9.17) is 20.6 Å². The fourth-order valence-corrected chi connectivity index (χ4v) is 8.00. The molecule has 0 aliphatic heterocycles. The van der Waals surface area contributed by atoms with Gasteiger partial charge in [-0.05, 0) is 83.4 Å². The summed E-state index contributed by atoms with van der Waals surface area (Å²) < 4.78 is 0. The molecule has 0 radical (unpaired) electrons. The average Bonchev–Trinajstić information content (AvgIpc) is 3.21. The summed E-state index contributed by atoms with van der Waals surface area (Å²) in [6, 6.07) is 26.3. The molecule has 4 aromatic rings. The van der Waals surface area contributed by atoms with Gasteiger partial charge < -0.3 is 34.0 Å². The van der Waals surface area contributed by atoms with Crippen molar-refractivity contribution >= 4 is 57.5 Å². The summed E-state index contributed by atoms with van der Waals surface area (Å²) in [7, 11) is 0. The van der Waals surface area contributed by atoms with Gasteiger partial charge in [-0.2, -0.15) is 11.4 Å². The fraction of sp³-hybridized carbons (Fsp3) is 0.483. The van der Waals surface area contributed by atoms with Crippen LogP contribution >= 0.6 is 0 Å². The SMILES string of the molecule is CC(/C=C(/C)[N-]c1c(C(C)C)cccc1C(C)C)=Nc1c(C(C)C)cccc1C(C)C.CC(/C=C(/C)[N-]c1c(C(C)C)cccc1C(C)C)=Nc1c(C(C)C)cccc1C(C)C.[Ni+2].[Ni+2].[S-][S-]. The number of rotatable bonds is 16. The molecule has 0 amide bonds. The molecule has 0 atom stereocenters. The van der Waals surface area contributed by atoms with Gasteiger partial charge in [0.15, 0.2) is 0 Å². The Kier molecular flexibility index (Phi) is 29.1. The molecular formula is C58H82N4Ni2S2. The van der Waals surface area contributed by atoms with Crippen molar-refractivity contribution in [1.29, 1.82) is 0 Å². The second-order valence-corrected chi connectivity index (χ2v) is 19.7. The maximum atomic E-state index is 5.08. The van der Waals surface area contributed by atoms with Crippen molar-refractivity contribution in [2.24, 2.45) is 9.98 Å². The van der Waals surface area contributed by atoms with Crippen LogP contribution in [0.5, 0.6) is 0 Å². The van der Waals surface area contributed by atoms with Crippen molar-refractivity contribution in [2.75, 3.05) is 0 Å². The zero-order chi connectivity index (χ0) is 48.6. The zero-order valence-electron chi connectivity index (χ0n) is 43.9. The summed E-state index contributed by atoms with van der Waals surface area (Å²) >= 11 is 7.33. The third-order valence-electron chi connectivity index (χ3n) is 11.4. The predicted octanol–water partition coefficient (Wildman–Crippen LogP) is 19.8. The first-order valence-corrected chi connectivity index (χ1v) is 25.0. The number of hydrogen-bond acceptors (Lipinski definition) is 4. The molecule has 0 spiro atoms. The van der Waals surface area contributed by atoms with Gasteiger partial charge in [0.2, 0.25) is 0 Å². The zero-order valence-corrected chi connectivity index (χ0v) is 47.5. The molecular weight excluding hydrogens is 934 g/mol. The Morgan fingerprint density at radius 2 is 0.545 bits per heavy atom. The van der Waals surface area contributed by atoms with E-state index in [2.05, 4.69) is 247 Å². The van der Waals surface area contributed by atoms with E-state index in [0.29, 0.717) is 47.3 Å². The van der Waals surface area contributed by atoms with E-state index in [0.717, 1.165) is 45.6 Å². The quantitative estimate of drug-likeness (QED) is 0.0486. The summed E-state index contributed by atoms with van der Waals surface area (Å²) in [5, 5.41) is 10.2. The standard InChI is InChI=1S/2C29H41N2.2Ni.S2/c2*1-18(2)24-13-11-14-25(19(3)4)28(24)30-22(9)17-23(10)31-29-26(20(5)6)15-12-16-27(29)21(7)8;;;1-2/h2*11-21H,1-10H3;;;/q2*-1;2*+2;-2/b2*22-17-,31-23?;;;. The Bertz CT molecular complexity index is 1960. The third kappa shape index (κ3) is 18.5. The van der Waals surface area contributed by atoms with Crippen molar-refractivity contribution in [3.8, 4) is 0 Å². The van der Waals surface area contributed by atoms with Crippen LogP contribution in [0.2, 0.25) is 0 Å². The number of nitrogens with zero attached hydrogens (tertiary/aromatic N) is 4. The molecule has 0 saturated carbocycles. The molecule has 8 heteroatoms. The molecule has 4 aromatic carbocycles. The van der Waals surface area contributed by atoms with Gasteiger partial charge >= 0.3 is 33.0 Å². The largest absolute Gasteiger partial charge is 2.00 e. The molecule has 4 rings (SSSR count). The van der Waals surface area contributed by atoms with Crippen LogP contribution in [0.25, 0.3) is 10.6 Å². The Hall–Kier alpha value is -3.01. The topological polar surface area (TPSA) is 52.9 Å². The minimum atomic E-state index is 0. The van der Waals surface area contributed by atoms with Crippen LogP contribution in [0.3, 0.4) is 0 Å². The molecule has 0 aliphatic carbocycles. The van der Waals surface area contributed by atoms with E-state index in [1.54, 1.807) is 0 Å². The van der Waals surface area contributed by atoms with Gasteiger partial charge in [0.05, 0.1) is 11.4 Å². The maximum absolute atomic E-state index is 5.08. The molecule has 0 unspecified atom stereocenters.